The van der Waals surface area contributed by atoms with Crippen molar-refractivity contribution in [3.63, 3.8) is 0 Å². The van der Waals surface area contributed by atoms with Gasteiger partial charge in [-0.2, -0.15) is 0 Å². The van der Waals surface area contributed by atoms with E-state index in [0.717, 1.165) is 30.9 Å². The van der Waals surface area contributed by atoms with Crippen LogP contribution in [0.4, 0.5) is 5.69 Å². The molecule has 2 aromatic carbocycles. The summed E-state index contributed by atoms with van der Waals surface area (Å²) in [7, 11) is -1.90. The number of sulfonamides is 1. The van der Waals surface area contributed by atoms with E-state index in [1.807, 2.05) is 29.2 Å². The van der Waals surface area contributed by atoms with Crippen LogP contribution in [0, 0.1) is 5.92 Å². The number of piperidine rings is 1. The first-order valence-electron chi connectivity index (χ1n) is 11.3. The maximum Gasteiger partial charge on any atom is 0.227 e. The number of carbonyl (C=O) groups is 1. The topological polar surface area (TPSA) is 70.2 Å². The number of methoxy groups -OCH3 is 1. The van der Waals surface area contributed by atoms with Crippen molar-refractivity contribution in [3.05, 3.63) is 59.1 Å². The summed E-state index contributed by atoms with van der Waals surface area (Å²) < 4.78 is 32.7. The van der Waals surface area contributed by atoms with Gasteiger partial charge in [-0.1, -0.05) is 29.8 Å². The van der Waals surface area contributed by atoms with E-state index in [1.165, 1.54) is 4.31 Å². The smallest absolute Gasteiger partial charge is 0.227 e. The van der Waals surface area contributed by atoms with Crippen LogP contribution in [0.2, 0.25) is 5.02 Å². The molecule has 1 amide bonds. The molecule has 2 fully saturated rings. The van der Waals surface area contributed by atoms with Gasteiger partial charge in [-0.3, -0.25) is 4.79 Å². The standard InChI is InChI=1S/C24H30ClN3O4S/c1-32-22-10-8-21(9-11-22)26-13-15-27(16-14-26)24(29)19-6-4-12-28(17-19)33(30,31)18-20-5-2-3-7-23(20)25/h2-3,5,7-11,19H,4,6,12-18H2,1H3. The molecule has 0 N–H and O–H groups in total. The molecule has 0 spiro atoms. The molecule has 9 heteroatoms. The van der Waals surface area contributed by atoms with E-state index < -0.39 is 10.0 Å². The fourth-order valence-electron chi connectivity index (χ4n) is 4.54. The van der Waals surface area contributed by atoms with E-state index in [1.54, 1.807) is 31.4 Å². The van der Waals surface area contributed by atoms with Crippen LogP contribution in [0.15, 0.2) is 48.5 Å². The number of nitrogens with zero attached hydrogens (tertiary/aromatic N) is 3. The van der Waals surface area contributed by atoms with Gasteiger partial charge in [0.25, 0.3) is 0 Å². The van der Waals surface area contributed by atoms with Gasteiger partial charge in [0.15, 0.2) is 0 Å². The predicted octanol–water partition coefficient (Wildman–Crippen LogP) is 3.24. The number of benzene rings is 2. The van der Waals surface area contributed by atoms with Gasteiger partial charge in [0.05, 0.1) is 18.8 Å². The van der Waals surface area contributed by atoms with Crippen LogP contribution in [0.1, 0.15) is 18.4 Å². The summed E-state index contributed by atoms with van der Waals surface area (Å²) in [6.45, 7) is 3.45. The van der Waals surface area contributed by atoms with Crippen LogP contribution < -0.4 is 9.64 Å². The summed E-state index contributed by atoms with van der Waals surface area (Å²) in [4.78, 5) is 17.4. The summed E-state index contributed by atoms with van der Waals surface area (Å²) in [5.74, 6) is 0.432. The summed E-state index contributed by atoms with van der Waals surface area (Å²) in [5, 5.41) is 0.445. The third kappa shape index (κ3) is 5.62. The lowest BCUT2D eigenvalue weighted by molar-refractivity contribution is -0.137. The number of amides is 1. The average Bonchev–Trinajstić information content (AvgIpc) is 2.85. The second-order valence-electron chi connectivity index (χ2n) is 8.56. The molecule has 1 atom stereocenters. The van der Waals surface area contributed by atoms with Crippen LogP contribution in [0.25, 0.3) is 0 Å². The lowest BCUT2D eigenvalue weighted by Crippen LogP contribution is -2.53. The number of piperazine rings is 1. The number of rotatable bonds is 6. The Morgan fingerprint density at radius 3 is 2.39 bits per heavy atom. The van der Waals surface area contributed by atoms with Gasteiger partial charge < -0.3 is 14.5 Å². The van der Waals surface area contributed by atoms with Gasteiger partial charge in [0.1, 0.15) is 5.75 Å². The molecule has 2 aliphatic rings. The second-order valence-corrected chi connectivity index (χ2v) is 10.9. The zero-order chi connectivity index (χ0) is 23.4. The van der Waals surface area contributed by atoms with Crippen molar-refractivity contribution < 1.29 is 17.9 Å². The van der Waals surface area contributed by atoms with Gasteiger partial charge >= 0.3 is 0 Å². The Hall–Kier alpha value is -2.29. The quantitative estimate of drug-likeness (QED) is 0.620. The highest BCUT2D eigenvalue weighted by atomic mass is 35.5. The summed E-state index contributed by atoms with van der Waals surface area (Å²) in [6, 6.07) is 14.9. The first-order chi connectivity index (χ1) is 15.9. The molecule has 2 heterocycles. The molecule has 178 valence electrons. The molecule has 0 radical (unpaired) electrons. The minimum absolute atomic E-state index is 0.0574. The van der Waals surface area contributed by atoms with Crippen LogP contribution >= 0.6 is 11.6 Å². The van der Waals surface area contributed by atoms with Gasteiger partial charge in [-0.25, -0.2) is 12.7 Å². The maximum atomic E-state index is 13.2. The normalized spacial score (nSPS) is 20.0. The van der Waals surface area contributed by atoms with E-state index >= 15 is 0 Å². The van der Waals surface area contributed by atoms with Crippen molar-refractivity contribution in [1.82, 2.24) is 9.21 Å². The zero-order valence-corrected chi connectivity index (χ0v) is 20.4. The number of hydrogen-bond acceptors (Lipinski definition) is 5. The molecule has 0 aliphatic carbocycles. The average molecular weight is 492 g/mol. The van der Waals surface area contributed by atoms with Crippen molar-refractivity contribution in [2.24, 2.45) is 5.92 Å². The fraction of sp³-hybridized carbons (Fsp3) is 0.458. The SMILES string of the molecule is COc1ccc(N2CCN(C(=O)C3CCCN(S(=O)(=O)Cc4ccccc4Cl)C3)CC2)cc1. The highest BCUT2D eigenvalue weighted by Gasteiger charge is 2.35. The molecular formula is C24H30ClN3O4S. The van der Waals surface area contributed by atoms with Crippen molar-refractivity contribution in [3.8, 4) is 5.75 Å². The van der Waals surface area contributed by atoms with E-state index in [2.05, 4.69) is 4.90 Å². The Balaban J connectivity index is 1.34. The highest BCUT2D eigenvalue weighted by molar-refractivity contribution is 7.88. The molecule has 2 aliphatic heterocycles. The molecule has 2 saturated heterocycles. The third-order valence-electron chi connectivity index (χ3n) is 6.45. The van der Waals surface area contributed by atoms with Crippen molar-refractivity contribution in [2.75, 3.05) is 51.3 Å². The number of halogens is 1. The number of carbonyl (C=O) groups excluding carboxylic acids is 1. The van der Waals surface area contributed by atoms with Crippen LogP contribution in [-0.2, 0) is 20.6 Å². The van der Waals surface area contributed by atoms with Gasteiger partial charge in [-0.15, -0.1) is 0 Å². The summed E-state index contributed by atoms with van der Waals surface area (Å²) >= 11 is 6.17. The molecule has 0 aromatic heterocycles. The zero-order valence-electron chi connectivity index (χ0n) is 18.8. The molecule has 7 nitrogen and oxygen atoms in total. The van der Waals surface area contributed by atoms with Gasteiger partial charge in [0.2, 0.25) is 15.9 Å². The molecule has 4 rings (SSSR count). The minimum atomic E-state index is -3.55. The Morgan fingerprint density at radius 1 is 1.03 bits per heavy atom. The molecule has 1 unspecified atom stereocenters. The summed E-state index contributed by atoms with van der Waals surface area (Å²) in [6.07, 6.45) is 1.40. The van der Waals surface area contributed by atoms with Crippen molar-refractivity contribution in [1.29, 1.82) is 0 Å². The molecule has 0 bridgehead atoms. The van der Waals surface area contributed by atoms with E-state index in [0.29, 0.717) is 36.6 Å². The molecule has 33 heavy (non-hydrogen) atoms. The van der Waals surface area contributed by atoms with Crippen LogP contribution in [-0.4, -0.2) is 69.9 Å². The highest BCUT2D eigenvalue weighted by Crippen LogP contribution is 2.26. The Bertz CT molecular complexity index is 1070. The first-order valence-corrected chi connectivity index (χ1v) is 13.2. The molecule has 2 aromatic rings. The fourth-order valence-corrected chi connectivity index (χ4v) is 6.46. The van der Waals surface area contributed by atoms with Crippen molar-refractivity contribution in [2.45, 2.75) is 18.6 Å². The van der Waals surface area contributed by atoms with E-state index in [4.69, 9.17) is 16.3 Å². The molecular weight excluding hydrogens is 462 g/mol. The molecule has 0 saturated carbocycles. The van der Waals surface area contributed by atoms with Gasteiger partial charge in [-0.05, 0) is 48.7 Å². The van der Waals surface area contributed by atoms with Gasteiger partial charge in [0, 0.05) is 50.0 Å². The van der Waals surface area contributed by atoms with Crippen LogP contribution in [0.5, 0.6) is 5.75 Å². The first kappa shape index (κ1) is 23.9. The van der Waals surface area contributed by atoms with Crippen LogP contribution in [0.3, 0.4) is 0 Å². The largest absolute Gasteiger partial charge is 0.497 e. The maximum absolute atomic E-state index is 13.2. The number of ether oxygens (including phenoxy) is 1. The monoisotopic (exact) mass is 491 g/mol. The third-order valence-corrected chi connectivity index (χ3v) is 8.61. The Kier molecular flexibility index (Phi) is 7.46. The lowest BCUT2D eigenvalue weighted by atomic mass is 9.97. The lowest BCUT2D eigenvalue weighted by Gasteiger charge is -2.39. The Morgan fingerprint density at radius 2 is 1.73 bits per heavy atom. The Labute approximate surface area is 200 Å². The minimum Gasteiger partial charge on any atom is -0.497 e. The number of anilines is 1. The number of hydrogen-bond donors (Lipinski definition) is 0. The summed E-state index contributed by atoms with van der Waals surface area (Å²) in [5.41, 5.74) is 1.69. The van der Waals surface area contributed by atoms with E-state index in [9.17, 15) is 13.2 Å². The predicted molar refractivity (Wildman–Crippen MR) is 130 cm³/mol. The van der Waals surface area contributed by atoms with E-state index in [-0.39, 0.29) is 24.1 Å². The second kappa shape index (κ2) is 10.3. The van der Waals surface area contributed by atoms with Crippen molar-refractivity contribution >= 4 is 33.2 Å².